The highest BCUT2D eigenvalue weighted by atomic mass is 16.5. The molecular formula is C10H14O2. The Kier molecular flexibility index (Phi) is 3.16. The van der Waals surface area contributed by atoms with Gasteiger partial charge in [-0.15, -0.1) is 6.42 Å². The van der Waals surface area contributed by atoms with Gasteiger partial charge in [-0.05, 0) is 19.3 Å². The lowest BCUT2D eigenvalue weighted by Gasteiger charge is -2.26. The van der Waals surface area contributed by atoms with Crippen LogP contribution in [0.5, 0.6) is 0 Å². The predicted molar refractivity (Wildman–Crippen MR) is 46.3 cm³/mol. The van der Waals surface area contributed by atoms with Crippen LogP contribution in [-0.4, -0.2) is 12.1 Å². The van der Waals surface area contributed by atoms with Crippen LogP contribution in [0.3, 0.4) is 0 Å². The fourth-order valence-corrected chi connectivity index (χ4v) is 1.64. The highest BCUT2D eigenvalue weighted by Gasteiger charge is 2.25. The van der Waals surface area contributed by atoms with Crippen LogP contribution in [0.4, 0.5) is 0 Å². The second-order valence-electron chi connectivity index (χ2n) is 3.21. The van der Waals surface area contributed by atoms with Gasteiger partial charge in [0.2, 0.25) is 0 Å². The molecule has 0 aliphatic heterocycles. The molecule has 0 bridgehead atoms. The number of hydrogen-bond acceptors (Lipinski definition) is 2. The van der Waals surface area contributed by atoms with Gasteiger partial charge in [-0.2, -0.15) is 0 Å². The molecule has 1 fully saturated rings. The molecule has 2 nitrogen and oxygen atoms in total. The minimum atomic E-state index is -0.220. The minimum absolute atomic E-state index is 0.0266. The third-order valence-corrected chi connectivity index (χ3v) is 2.23. The maximum atomic E-state index is 10.7. The van der Waals surface area contributed by atoms with E-state index < -0.39 is 0 Å². The first-order valence-electron chi connectivity index (χ1n) is 4.37. The number of ether oxygens (including phenoxy) is 1. The molecule has 0 unspecified atom stereocenters. The largest absolute Gasteiger partial charge is 0.461 e. The SMILES string of the molecule is C#C[C@H]1CCCC[C@H]1OC(C)=O. The van der Waals surface area contributed by atoms with Crippen molar-refractivity contribution >= 4 is 5.97 Å². The zero-order valence-electron chi connectivity index (χ0n) is 7.38. The number of rotatable bonds is 1. The normalized spacial score (nSPS) is 29.0. The summed E-state index contributed by atoms with van der Waals surface area (Å²) in [7, 11) is 0. The summed E-state index contributed by atoms with van der Waals surface area (Å²) >= 11 is 0. The quantitative estimate of drug-likeness (QED) is 0.438. The lowest BCUT2D eigenvalue weighted by atomic mass is 9.87. The Labute approximate surface area is 73.3 Å². The van der Waals surface area contributed by atoms with Crippen molar-refractivity contribution in [1.29, 1.82) is 0 Å². The van der Waals surface area contributed by atoms with Crippen molar-refractivity contribution in [2.75, 3.05) is 0 Å². The summed E-state index contributed by atoms with van der Waals surface area (Å²) in [5.41, 5.74) is 0. The van der Waals surface area contributed by atoms with Crippen LogP contribution in [0.25, 0.3) is 0 Å². The average molecular weight is 166 g/mol. The highest BCUT2D eigenvalue weighted by Crippen LogP contribution is 2.26. The molecule has 0 saturated heterocycles. The van der Waals surface area contributed by atoms with E-state index in [1.165, 1.54) is 6.92 Å². The molecule has 1 saturated carbocycles. The van der Waals surface area contributed by atoms with Crippen LogP contribution in [0.15, 0.2) is 0 Å². The van der Waals surface area contributed by atoms with E-state index in [9.17, 15) is 4.79 Å². The third-order valence-electron chi connectivity index (χ3n) is 2.23. The molecule has 12 heavy (non-hydrogen) atoms. The first-order chi connectivity index (χ1) is 5.74. The summed E-state index contributed by atoms with van der Waals surface area (Å²) in [4.78, 5) is 10.7. The smallest absolute Gasteiger partial charge is 0.302 e. The van der Waals surface area contributed by atoms with E-state index in [1.54, 1.807) is 0 Å². The van der Waals surface area contributed by atoms with Gasteiger partial charge in [-0.25, -0.2) is 0 Å². The summed E-state index contributed by atoms with van der Waals surface area (Å²) in [6.45, 7) is 1.43. The van der Waals surface area contributed by atoms with Gasteiger partial charge in [0, 0.05) is 6.92 Å². The first-order valence-corrected chi connectivity index (χ1v) is 4.37. The van der Waals surface area contributed by atoms with Gasteiger partial charge in [0.25, 0.3) is 0 Å². The molecule has 1 aliphatic carbocycles. The van der Waals surface area contributed by atoms with Crippen LogP contribution in [0.2, 0.25) is 0 Å². The van der Waals surface area contributed by atoms with E-state index in [2.05, 4.69) is 5.92 Å². The molecule has 2 heteroatoms. The maximum absolute atomic E-state index is 10.7. The van der Waals surface area contributed by atoms with Crippen LogP contribution in [-0.2, 0) is 9.53 Å². The molecule has 1 aliphatic rings. The number of hydrogen-bond donors (Lipinski definition) is 0. The maximum Gasteiger partial charge on any atom is 0.302 e. The van der Waals surface area contributed by atoms with E-state index in [0.29, 0.717) is 0 Å². The predicted octanol–water partition coefficient (Wildman–Crippen LogP) is 1.74. The second-order valence-corrected chi connectivity index (χ2v) is 3.21. The van der Waals surface area contributed by atoms with E-state index in [-0.39, 0.29) is 18.0 Å². The molecule has 0 heterocycles. The Balaban J connectivity index is 2.48. The highest BCUT2D eigenvalue weighted by molar-refractivity contribution is 5.66. The number of carbonyl (C=O) groups excluding carboxylic acids is 1. The van der Waals surface area contributed by atoms with Gasteiger partial charge in [-0.3, -0.25) is 4.79 Å². The fourth-order valence-electron chi connectivity index (χ4n) is 1.64. The molecule has 0 aromatic carbocycles. The Morgan fingerprint density at radius 2 is 2.17 bits per heavy atom. The van der Waals surface area contributed by atoms with Crippen molar-refractivity contribution in [1.82, 2.24) is 0 Å². The summed E-state index contributed by atoms with van der Waals surface area (Å²) in [6.07, 6.45) is 9.50. The fraction of sp³-hybridized carbons (Fsp3) is 0.700. The van der Waals surface area contributed by atoms with Gasteiger partial charge in [0.05, 0.1) is 5.92 Å². The van der Waals surface area contributed by atoms with E-state index in [4.69, 9.17) is 11.2 Å². The van der Waals surface area contributed by atoms with E-state index >= 15 is 0 Å². The Bertz CT molecular complexity index is 202. The molecule has 0 N–H and O–H groups in total. The molecule has 66 valence electrons. The zero-order chi connectivity index (χ0) is 8.97. The van der Waals surface area contributed by atoms with Gasteiger partial charge < -0.3 is 4.74 Å². The second kappa shape index (κ2) is 4.15. The molecule has 0 spiro atoms. The molecule has 0 aromatic heterocycles. The van der Waals surface area contributed by atoms with E-state index in [0.717, 1.165) is 25.7 Å². The lowest BCUT2D eigenvalue weighted by molar-refractivity contribution is -0.149. The van der Waals surface area contributed by atoms with Gasteiger partial charge in [-0.1, -0.05) is 12.3 Å². The van der Waals surface area contributed by atoms with Crippen molar-refractivity contribution in [2.24, 2.45) is 5.92 Å². The van der Waals surface area contributed by atoms with Crippen molar-refractivity contribution in [3.63, 3.8) is 0 Å². The molecule has 0 aromatic rings. The molecular weight excluding hydrogens is 152 g/mol. The van der Waals surface area contributed by atoms with Crippen LogP contribution in [0.1, 0.15) is 32.6 Å². The Morgan fingerprint density at radius 1 is 1.50 bits per heavy atom. The summed E-state index contributed by atoms with van der Waals surface area (Å²) in [5.74, 6) is 2.60. The summed E-state index contributed by atoms with van der Waals surface area (Å²) in [5, 5.41) is 0. The average Bonchev–Trinajstić information content (AvgIpc) is 2.04. The summed E-state index contributed by atoms with van der Waals surface area (Å²) < 4.78 is 5.11. The monoisotopic (exact) mass is 166 g/mol. The Morgan fingerprint density at radius 3 is 2.75 bits per heavy atom. The van der Waals surface area contributed by atoms with Gasteiger partial charge in [0.15, 0.2) is 0 Å². The Hall–Kier alpha value is -0.970. The molecule has 0 radical (unpaired) electrons. The standard InChI is InChI=1S/C10H14O2/c1-3-9-6-4-5-7-10(9)12-8(2)11/h1,9-10H,4-7H2,2H3/t9-,10+/m0/s1. The van der Waals surface area contributed by atoms with Crippen LogP contribution < -0.4 is 0 Å². The molecule has 1 rings (SSSR count). The van der Waals surface area contributed by atoms with E-state index in [1.807, 2.05) is 0 Å². The van der Waals surface area contributed by atoms with Gasteiger partial charge in [0.1, 0.15) is 6.10 Å². The zero-order valence-corrected chi connectivity index (χ0v) is 7.38. The summed E-state index contributed by atoms with van der Waals surface area (Å²) in [6, 6.07) is 0. The van der Waals surface area contributed by atoms with Gasteiger partial charge >= 0.3 is 5.97 Å². The number of carbonyl (C=O) groups is 1. The number of esters is 1. The van der Waals surface area contributed by atoms with Crippen LogP contribution in [0, 0.1) is 18.3 Å². The first kappa shape index (κ1) is 9.12. The van der Waals surface area contributed by atoms with Crippen molar-refractivity contribution < 1.29 is 9.53 Å². The lowest BCUT2D eigenvalue weighted by Crippen LogP contribution is -2.28. The van der Waals surface area contributed by atoms with Crippen molar-refractivity contribution in [2.45, 2.75) is 38.7 Å². The van der Waals surface area contributed by atoms with Crippen LogP contribution >= 0.6 is 0 Å². The minimum Gasteiger partial charge on any atom is -0.461 e. The van der Waals surface area contributed by atoms with Crippen molar-refractivity contribution in [3.8, 4) is 12.3 Å². The third kappa shape index (κ3) is 2.27. The molecule has 2 atom stereocenters. The van der Waals surface area contributed by atoms with Crippen molar-refractivity contribution in [3.05, 3.63) is 0 Å². The number of terminal acetylenes is 1. The molecule has 0 amide bonds. The topological polar surface area (TPSA) is 26.3 Å².